The minimum atomic E-state index is -0.391. The first-order chi connectivity index (χ1) is 13.0. The first-order valence-electron chi connectivity index (χ1n) is 8.60. The van der Waals surface area contributed by atoms with Crippen LogP contribution in [0.15, 0.2) is 24.3 Å². The van der Waals surface area contributed by atoms with E-state index in [1.54, 1.807) is 6.07 Å². The van der Waals surface area contributed by atoms with Crippen molar-refractivity contribution in [3.63, 3.8) is 0 Å². The molecule has 0 spiro atoms. The van der Waals surface area contributed by atoms with Crippen molar-refractivity contribution < 1.29 is 19.0 Å². The van der Waals surface area contributed by atoms with Crippen LogP contribution in [-0.2, 0) is 11.3 Å². The lowest BCUT2D eigenvalue weighted by atomic mass is 10.2. The molecule has 0 aliphatic carbocycles. The monoisotopic (exact) mass is 408 g/mol. The molecule has 0 saturated carbocycles. The van der Waals surface area contributed by atoms with Crippen LogP contribution in [0.25, 0.3) is 0 Å². The Morgan fingerprint density at radius 3 is 2.52 bits per heavy atom. The molecule has 6 nitrogen and oxygen atoms in total. The number of aryl methyl sites for hydroxylation is 1. The van der Waals surface area contributed by atoms with Gasteiger partial charge in [0.05, 0.1) is 25.9 Å². The molecule has 0 aliphatic heterocycles. The second kappa shape index (κ2) is 10.1. The molecule has 1 aromatic carbocycles. The normalized spacial score (nSPS) is 10.2. The number of hydrogen-bond acceptors (Lipinski definition) is 6. The lowest BCUT2D eigenvalue weighted by Crippen LogP contribution is -2.28. The van der Waals surface area contributed by atoms with E-state index in [2.05, 4.69) is 10.6 Å². The number of ether oxygens (including phenoxy) is 3. The summed E-state index contributed by atoms with van der Waals surface area (Å²) in [6.07, 6.45) is 0. The van der Waals surface area contributed by atoms with E-state index < -0.39 is 5.97 Å². The van der Waals surface area contributed by atoms with E-state index in [0.717, 1.165) is 16.2 Å². The minimum absolute atomic E-state index is 0.391. The van der Waals surface area contributed by atoms with E-state index in [1.165, 1.54) is 18.4 Å². The molecule has 1 heterocycles. The van der Waals surface area contributed by atoms with E-state index in [1.807, 2.05) is 39.0 Å². The number of thiocarbonyl (C=S) groups is 1. The summed E-state index contributed by atoms with van der Waals surface area (Å²) in [6, 6.07) is 7.56. The molecule has 1 aromatic heterocycles. The zero-order valence-corrected chi connectivity index (χ0v) is 17.5. The fourth-order valence-corrected chi connectivity index (χ4v) is 3.55. The van der Waals surface area contributed by atoms with Crippen molar-refractivity contribution in [2.75, 3.05) is 25.6 Å². The average molecular weight is 409 g/mol. The summed E-state index contributed by atoms with van der Waals surface area (Å²) < 4.78 is 16.0. The Labute approximate surface area is 168 Å². The Hall–Kier alpha value is -2.32. The zero-order chi connectivity index (χ0) is 19.8. The van der Waals surface area contributed by atoms with Gasteiger partial charge in [0, 0.05) is 11.4 Å². The molecule has 2 aromatic rings. The SMILES string of the molecule is CCOc1ccc(CNC(=S)Nc2sc(C)cc2C(=O)OC)cc1OCC. The summed E-state index contributed by atoms with van der Waals surface area (Å²) in [5.74, 6) is 1.04. The molecule has 0 unspecified atom stereocenters. The number of methoxy groups -OCH3 is 1. The molecule has 0 amide bonds. The molecule has 8 heteroatoms. The van der Waals surface area contributed by atoms with Gasteiger partial charge in [-0.15, -0.1) is 11.3 Å². The average Bonchev–Trinajstić information content (AvgIpc) is 3.01. The lowest BCUT2D eigenvalue weighted by molar-refractivity contribution is 0.0602. The number of carbonyl (C=O) groups is 1. The Morgan fingerprint density at radius 2 is 1.85 bits per heavy atom. The molecular weight excluding hydrogens is 384 g/mol. The number of esters is 1. The predicted molar refractivity (Wildman–Crippen MR) is 112 cm³/mol. The largest absolute Gasteiger partial charge is 0.490 e. The number of thiophene rings is 1. The van der Waals surface area contributed by atoms with Crippen molar-refractivity contribution in [3.05, 3.63) is 40.3 Å². The van der Waals surface area contributed by atoms with Crippen LogP contribution < -0.4 is 20.1 Å². The van der Waals surface area contributed by atoms with Crippen molar-refractivity contribution in [2.24, 2.45) is 0 Å². The highest BCUT2D eigenvalue weighted by Crippen LogP contribution is 2.29. The third kappa shape index (κ3) is 5.83. The molecule has 0 atom stereocenters. The van der Waals surface area contributed by atoms with E-state index in [4.69, 9.17) is 26.4 Å². The number of hydrogen-bond donors (Lipinski definition) is 2. The molecule has 0 aliphatic rings. The number of rotatable bonds is 8. The molecule has 27 heavy (non-hydrogen) atoms. The topological polar surface area (TPSA) is 68.8 Å². The van der Waals surface area contributed by atoms with E-state index in [9.17, 15) is 4.79 Å². The first kappa shape index (κ1) is 21.0. The molecule has 0 bridgehead atoms. The first-order valence-corrected chi connectivity index (χ1v) is 9.83. The molecular formula is C19H24N2O4S2. The molecule has 2 rings (SSSR count). The van der Waals surface area contributed by atoms with Crippen LogP contribution in [0.2, 0.25) is 0 Å². The van der Waals surface area contributed by atoms with Gasteiger partial charge in [0.15, 0.2) is 16.6 Å². The van der Waals surface area contributed by atoms with Gasteiger partial charge in [-0.1, -0.05) is 6.07 Å². The summed E-state index contributed by atoms with van der Waals surface area (Å²) in [7, 11) is 1.36. The smallest absolute Gasteiger partial charge is 0.340 e. The van der Waals surface area contributed by atoms with Gasteiger partial charge in [0.25, 0.3) is 0 Å². The van der Waals surface area contributed by atoms with Crippen LogP contribution in [0.5, 0.6) is 11.5 Å². The lowest BCUT2D eigenvalue weighted by Gasteiger charge is -2.14. The van der Waals surface area contributed by atoms with Crippen molar-refractivity contribution in [1.82, 2.24) is 5.32 Å². The molecule has 0 fully saturated rings. The van der Waals surface area contributed by atoms with Gasteiger partial charge in [0.2, 0.25) is 0 Å². The van der Waals surface area contributed by atoms with Gasteiger partial charge in [-0.05, 0) is 56.8 Å². The van der Waals surface area contributed by atoms with Crippen LogP contribution in [0.1, 0.15) is 34.6 Å². The van der Waals surface area contributed by atoms with Gasteiger partial charge in [-0.2, -0.15) is 0 Å². The van der Waals surface area contributed by atoms with Crippen molar-refractivity contribution in [2.45, 2.75) is 27.3 Å². The standard InChI is InChI=1S/C19H24N2O4S2/c1-5-24-15-8-7-13(10-16(15)25-6-2)11-20-19(26)21-17-14(18(22)23-4)9-12(3)27-17/h7-10H,5-6,11H2,1-4H3,(H2,20,21,26). The van der Waals surface area contributed by atoms with E-state index >= 15 is 0 Å². The number of nitrogens with one attached hydrogen (secondary N) is 2. The van der Waals surface area contributed by atoms with Gasteiger partial charge in [-0.3, -0.25) is 0 Å². The van der Waals surface area contributed by atoms with Gasteiger partial charge in [0.1, 0.15) is 5.00 Å². The Bertz CT molecular complexity index is 805. The fraction of sp³-hybridized carbons (Fsp3) is 0.368. The van der Waals surface area contributed by atoms with E-state index in [0.29, 0.717) is 41.2 Å². The second-order valence-electron chi connectivity index (χ2n) is 5.55. The van der Waals surface area contributed by atoms with Crippen molar-refractivity contribution in [3.8, 4) is 11.5 Å². The van der Waals surface area contributed by atoms with Crippen LogP contribution in [0.4, 0.5) is 5.00 Å². The third-order valence-electron chi connectivity index (χ3n) is 3.55. The fourth-order valence-electron chi connectivity index (χ4n) is 2.40. The summed E-state index contributed by atoms with van der Waals surface area (Å²) in [6.45, 7) is 7.44. The molecule has 0 radical (unpaired) electrons. The third-order valence-corrected chi connectivity index (χ3v) is 4.76. The van der Waals surface area contributed by atoms with Crippen LogP contribution >= 0.6 is 23.6 Å². The van der Waals surface area contributed by atoms with Crippen molar-refractivity contribution in [1.29, 1.82) is 0 Å². The van der Waals surface area contributed by atoms with Crippen molar-refractivity contribution >= 4 is 39.6 Å². The highest BCUT2D eigenvalue weighted by Gasteiger charge is 2.16. The number of benzene rings is 1. The van der Waals surface area contributed by atoms with Crippen LogP contribution in [-0.4, -0.2) is 31.4 Å². The molecule has 0 saturated heterocycles. The zero-order valence-electron chi connectivity index (χ0n) is 15.9. The predicted octanol–water partition coefficient (Wildman–Crippen LogP) is 4.13. The summed E-state index contributed by atoms with van der Waals surface area (Å²) in [5.41, 5.74) is 1.48. The summed E-state index contributed by atoms with van der Waals surface area (Å²) in [4.78, 5) is 12.8. The highest BCUT2D eigenvalue weighted by molar-refractivity contribution is 7.80. The van der Waals surface area contributed by atoms with Crippen LogP contribution in [0, 0.1) is 6.92 Å². The second-order valence-corrected chi connectivity index (χ2v) is 7.21. The van der Waals surface area contributed by atoms with Crippen LogP contribution in [0.3, 0.4) is 0 Å². The minimum Gasteiger partial charge on any atom is -0.490 e. The van der Waals surface area contributed by atoms with E-state index in [-0.39, 0.29) is 0 Å². The highest BCUT2D eigenvalue weighted by atomic mass is 32.1. The summed E-state index contributed by atoms with van der Waals surface area (Å²) in [5, 5.41) is 7.30. The summed E-state index contributed by atoms with van der Waals surface area (Å²) >= 11 is 6.80. The molecule has 146 valence electrons. The maximum absolute atomic E-state index is 11.8. The maximum Gasteiger partial charge on any atom is 0.340 e. The Morgan fingerprint density at radius 1 is 1.15 bits per heavy atom. The maximum atomic E-state index is 11.8. The molecule has 2 N–H and O–H groups in total. The Balaban J connectivity index is 2.01. The number of anilines is 1. The Kier molecular flexibility index (Phi) is 7.87. The van der Waals surface area contributed by atoms with Gasteiger partial charge >= 0.3 is 5.97 Å². The number of carbonyl (C=O) groups excluding carboxylic acids is 1. The van der Waals surface area contributed by atoms with Gasteiger partial charge < -0.3 is 24.8 Å². The quantitative estimate of drug-likeness (QED) is 0.503. The van der Waals surface area contributed by atoms with Gasteiger partial charge in [-0.25, -0.2) is 4.79 Å².